The summed E-state index contributed by atoms with van der Waals surface area (Å²) in [7, 11) is 1.84. The second-order valence-electron chi connectivity index (χ2n) is 5.83. The van der Waals surface area contributed by atoms with Gasteiger partial charge < -0.3 is 4.74 Å². The average molecular weight is 431 g/mol. The minimum Gasteiger partial charge on any atom is -0.434 e. The molecule has 0 unspecified atom stereocenters. The highest BCUT2D eigenvalue weighted by Crippen LogP contribution is 2.37. The number of rotatable bonds is 4. The van der Waals surface area contributed by atoms with Gasteiger partial charge in [-0.25, -0.2) is 9.97 Å². The van der Waals surface area contributed by atoms with Crippen LogP contribution in [0.4, 0.5) is 8.78 Å². The largest absolute Gasteiger partial charge is 0.434 e. The van der Waals surface area contributed by atoms with Crippen molar-refractivity contribution in [3.63, 3.8) is 0 Å². The molecule has 0 saturated carbocycles. The van der Waals surface area contributed by atoms with Crippen molar-refractivity contribution >= 4 is 26.8 Å². The van der Waals surface area contributed by atoms with Crippen LogP contribution in [-0.2, 0) is 7.05 Å². The Labute approximate surface area is 161 Å². The zero-order chi connectivity index (χ0) is 19.0. The third kappa shape index (κ3) is 3.40. The van der Waals surface area contributed by atoms with E-state index in [2.05, 4.69) is 35.7 Å². The fraction of sp³-hybridized carbons (Fsp3) is 0.105. The fourth-order valence-corrected chi connectivity index (χ4v) is 3.37. The zero-order valence-corrected chi connectivity index (χ0v) is 15.7. The van der Waals surface area contributed by atoms with Crippen LogP contribution < -0.4 is 4.74 Å². The molecular weight excluding hydrogens is 418 g/mol. The Hall–Kier alpha value is -2.87. The van der Waals surface area contributed by atoms with Crippen LogP contribution >= 0.6 is 15.9 Å². The third-order valence-corrected chi connectivity index (χ3v) is 4.66. The molecule has 0 fully saturated rings. The van der Waals surface area contributed by atoms with Gasteiger partial charge in [0.25, 0.3) is 0 Å². The van der Waals surface area contributed by atoms with E-state index in [1.807, 2.05) is 43.6 Å². The molecule has 0 aliphatic carbocycles. The summed E-state index contributed by atoms with van der Waals surface area (Å²) in [6.07, 6.45) is 3.28. The number of fused-ring (bicyclic) bond motifs is 1. The van der Waals surface area contributed by atoms with Gasteiger partial charge in [-0.3, -0.25) is 4.68 Å². The van der Waals surface area contributed by atoms with Crippen molar-refractivity contribution < 1.29 is 13.5 Å². The molecule has 0 bridgehead atoms. The Morgan fingerprint density at radius 1 is 1.07 bits per heavy atom. The average Bonchev–Trinajstić information content (AvgIpc) is 3.04. The van der Waals surface area contributed by atoms with Crippen LogP contribution in [-0.4, -0.2) is 26.4 Å². The standard InChI is InChI=1S/C19H13BrF2N4O/c1-26-9-13(17(25-26)11-5-3-2-4-6-11)18-12-7-14(20)16(27-19(21)22)8-15(12)23-10-24-18/h2-10,19H,1H3. The lowest BCUT2D eigenvalue weighted by atomic mass is 10.0. The molecule has 136 valence electrons. The molecule has 0 N–H and O–H groups in total. The molecule has 2 heterocycles. The minimum absolute atomic E-state index is 0.0246. The molecule has 0 spiro atoms. The number of aryl methyl sites for hydroxylation is 1. The summed E-state index contributed by atoms with van der Waals surface area (Å²) in [5, 5.41) is 5.27. The smallest absolute Gasteiger partial charge is 0.387 e. The van der Waals surface area contributed by atoms with E-state index in [4.69, 9.17) is 0 Å². The highest BCUT2D eigenvalue weighted by Gasteiger charge is 2.18. The summed E-state index contributed by atoms with van der Waals surface area (Å²) < 4.78 is 31.9. The van der Waals surface area contributed by atoms with E-state index in [1.165, 1.54) is 12.4 Å². The van der Waals surface area contributed by atoms with Crippen LogP contribution in [0.25, 0.3) is 33.4 Å². The highest BCUT2D eigenvalue weighted by molar-refractivity contribution is 9.10. The molecule has 0 aliphatic heterocycles. The molecule has 0 atom stereocenters. The van der Waals surface area contributed by atoms with Gasteiger partial charge >= 0.3 is 6.61 Å². The minimum atomic E-state index is -2.91. The quantitative estimate of drug-likeness (QED) is 0.453. The van der Waals surface area contributed by atoms with E-state index in [0.29, 0.717) is 21.1 Å². The van der Waals surface area contributed by atoms with Crippen molar-refractivity contribution in [3.8, 4) is 28.3 Å². The Bertz CT molecular complexity index is 1120. The summed E-state index contributed by atoms with van der Waals surface area (Å²) in [5.41, 5.74) is 3.72. The van der Waals surface area contributed by atoms with Crippen molar-refractivity contribution in [1.29, 1.82) is 0 Å². The molecule has 0 saturated heterocycles. The van der Waals surface area contributed by atoms with E-state index in [0.717, 1.165) is 16.8 Å². The van der Waals surface area contributed by atoms with Crippen molar-refractivity contribution in [2.75, 3.05) is 0 Å². The van der Waals surface area contributed by atoms with Crippen molar-refractivity contribution in [3.05, 3.63) is 59.5 Å². The normalized spacial score (nSPS) is 11.3. The van der Waals surface area contributed by atoms with E-state index in [1.54, 1.807) is 10.7 Å². The number of ether oxygens (including phenoxy) is 1. The number of hydrogen-bond acceptors (Lipinski definition) is 4. The molecule has 0 aliphatic rings. The zero-order valence-electron chi connectivity index (χ0n) is 14.1. The van der Waals surface area contributed by atoms with Gasteiger partial charge in [0.2, 0.25) is 0 Å². The number of aromatic nitrogens is 4. The number of alkyl halides is 2. The second-order valence-corrected chi connectivity index (χ2v) is 6.69. The SMILES string of the molecule is Cn1cc(-c2ncnc3cc(OC(F)F)c(Br)cc23)c(-c2ccccc2)n1. The Morgan fingerprint density at radius 2 is 1.85 bits per heavy atom. The van der Waals surface area contributed by atoms with E-state index in [9.17, 15) is 8.78 Å². The molecule has 0 amide bonds. The number of halogens is 3. The van der Waals surface area contributed by atoms with E-state index >= 15 is 0 Å². The van der Waals surface area contributed by atoms with Crippen LogP contribution in [0.5, 0.6) is 5.75 Å². The highest BCUT2D eigenvalue weighted by atomic mass is 79.9. The lowest BCUT2D eigenvalue weighted by molar-refractivity contribution is -0.0502. The second kappa shape index (κ2) is 7.03. The van der Waals surface area contributed by atoms with Gasteiger partial charge in [0, 0.05) is 35.8 Å². The molecule has 0 radical (unpaired) electrons. The molecule has 2 aromatic carbocycles. The molecule has 27 heavy (non-hydrogen) atoms. The summed E-state index contributed by atoms with van der Waals surface area (Å²) >= 11 is 3.29. The first-order valence-electron chi connectivity index (χ1n) is 8.01. The van der Waals surface area contributed by atoms with E-state index < -0.39 is 6.61 Å². The first kappa shape index (κ1) is 17.5. The topological polar surface area (TPSA) is 52.8 Å². The summed E-state index contributed by atoms with van der Waals surface area (Å²) in [5.74, 6) is 0.0246. The maximum Gasteiger partial charge on any atom is 0.387 e. The van der Waals surface area contributed by atoms with Gasteiger partial charge in [0.15, 0.2) is 0 Å². The van der Waals surface area contributed by atoms with Gasteiger partial charge in [-0.05, 0) is 22.0 Å². The number of hydrogen-bond donors (Lipinski definition) is 0. The van der Waals surface area contributed by atoms with Gasteiger partial charge in [0.05, 0.1) is 15.7 Å². The van der Waals surface area contributed by atoms with Crippen LogP contribution in [0.1, 0.15) is 0 Å². The van der Waals surface area contributed by atoms with Crippen molar-refractivity contribution in [2.24, 2.45) is 7.05 Å². The fourth-order valence-electron chi connectivity index (χ4n) is 2.93. The molecule has 4 rings (SSSR count). The van der Waals surface area contributed by atoms with Crippen LogP contribution in [0.15, 0.2) is 59.5 Å². The predicted octanol–water partition coefficient (Wildman–Crippen LogP) is 5.06. The van der Waals surface area contributed by atoms with E-state index in [-0.39, 0.29) is 5.75 Å². The molecule has 5 nitrogen and oxygen atoms in total. The Balaban J connectivity index is 1.92. The number of benzene rings is 2. The van der Waals surface area contributed by atoms with Gasteiger partial charge in [-0.1, -0.05) is 30.3 Å². The number of nitrogens with zero attached hydrogens (tertiary/aromatic N) is 4. The Kier molecular flexibility index (Phi) is 4.57. The summed E-state index contributed by atoms with van der Waals surface area (Å²) in [6, 6.07) is 12.9. The lowest BCUT2D eigenvalue weighted by Crippen LogP contribution is -2.03. The third-order valence-electron chi connectivity index (χ3n) is 4.04. The van der Waals surface area contributed by atoms with Gasteiger partial charge in [-0.2, -0.15) is 13.9 Å². The first-order valence-corrected chi connectivity index (χ1v) is 8.80. The maximum absolute atomic E-state index is 12.6. The van der Waals surface area contributed by atoms with Crippen molar-refractivity contribution in [1.82, 2.24) is 19.7 Å². The first-order chi connectivity index (χ1) is 13.0. The van der Waals surface area contributed by atoms with Crippen molar-refractivity contribution in [2.45, 2.75) is 6.61 Å². The van der Waals surface area contributed by atoms with Crippen LogP contribution in [0.2, 0.25) is 0 Å². The maximum atomic E-state index is 12.6. The van der Waals surface area contributed by atoms with Crippen LogP contribution in [0.3, 0.4) is 0 Å². The lowest BCUT2D eigenvalue weighted by Gasteiger charge is -2.10. The molecule has 4 aromatic rings. The van der Waals surface area contributed by atoms with Gasteiger partial charge in [0.1, 0.15) is 17.8 Å². The molecule has 2 aromatic heterocycles. The van der Waals surface area contributed by atoms with Gasteiger partial charge in [-0.15, -0.1) is 0 Å². The summed E-state index contributed by atoms with van der Waals surface area (Å²) in [4.78, 5) is 8.64. The monoisotopic (exact) mass is 430 g/mol. The van der Waals surface area contributed by atoms with Crippen LogP contribution in [0, 0.1) is 0 Å². The molecule has 8 heteroatoms. The predicted molar refractivity (Wildman–Crippen MR) is 102 cm³/mol. The Morgan fingerprint density at radius 3 is 2.59 bits per heavy atom. The molecular formula is C19H13BrF2N4O. The summed E-state index contributed by atoms with van der Waals surface area (Å²) in [6.45, 7) is -2.91.